The fourth-order valence-electron chi connectivity index (χ4n) is 3.10. The van der Waals surface area contributed by atoms with E-state index in [4.69, 9.17) is 9.47 Å². The van der Waals surface area contributed by atoms with E-state index in [-0.39, 0.29) is 5.91 Å². The first-order chi connectivity index (χ1) is 11.6. The van der Waals surface area contributed by atoms with Crippen molar-refractivity contribution in [3.63, 3.8) is 0 Å². The van der Waals surface area contributed by atoms with Crippen molar-refractivity contribution in [3.05, 3.63) is 41.0 Å². The highest BCUT2D eigenvalue weighted by atomic mass is 16.5. The molecule has 3 rings (SSSR count). The average Bonchev–Trinajstić information content (AvgIpc) is 2.95. The maximum atomic E-state index is 12.4. The van der Waals surface area contributed by atoms with Gasteiger partial charge in [-0.15, -0.1) is 0 Å². The lowest BCUT2D eigenvalue weighted by Gasteiger charge is -2.12. The number of methoxy groups -OCH3 is 2. The Labute approximate surface area is 141 Å². The lowest BCUT2D eigenvalue weighted by atomic mass is 10.0. The Morgan fingerprint density at radius 3 is 2.46 bits per heavy atom. The highest BCUT2D eigenvalue weighted by molar-refractivity contribution is 5.95. The SMILES string of the molecule is COc1cc(OC)cc(C(=O)NCc2nc3c(n2C)CCCC3)c1. The molecule has 1 heterocycles. The minimum Gasteiger partial charge on any atom is -0.497 e. The molecule has 24 heavy (non-hydrogen) atoms. The summed E-state index contributed by atoms with van der Waals surface area (Å²) in [6.45, 7) is 0.405. The summed E-state index contributed by atoms with van der Waals surface area (Å²) in [6, 6.07) is 5.13. The Hall–Kier alpha value is -2.50. The van der Waals surface area contributed by atoms with Gasteiger partial charge in [-0.25, -0.2) is 4.98 Å². The second-order valence-electron chi connectivity index (χ2n) is 5.97. The van der Waals surface area contributed by atoms with Gasteiger partial charge in [-0.05, 0) is 37.8 Å². The van der Waals surface area contributed by atoms with Crippen LogP contribution >= 0.6 is 0 Å². The highest BCUT2D eigenvalue weighted by Gasteiger charge is 2.18. The zero-order chi connectivity index (χ0) is 17.1. The molecule has 1 aliphatic rings. The van der Waals surface area contributed by atoms with E-state index < -0.39 is 0 Å². The zero-order valence-electron chi connectivity index (χ0n) is 14.4. The minimum absolute atomic E-state index is 0.173. The molecule has 1 aliphatic carbocycles. The standard InChI is InChI=1S/C18H23N3O3/c1-21-16-7-5-4-6-15(16)20-17(21)11-19-18(22)12-8-13(23-2)10-14(9-12)24-3/h8-10H,4-7,11H2,1-3H3,(H,19,22). The molecule has 128 valence electrons. The number of nitrogens with one attached hydrogen (secondary N) is 1. The molecule has 1 aromatic heterocycles. The number of carbonyl (C=O) groups excluding carboxylic acids is 1. The number of hydrogen-bond donors (Lipinski definition) is 1. The van der Waals surface area contributed by atoms with Crippen LogP contribution < -0.4 is 14.8 Å². The Morgan fingerprint density at radius 2 is 1.83 bits per heavy atom. The summed E-state index contributed by atoms with van der Waals surface area (Å²) in [4.78, 5) is 17.1. The second kappa shape index (κ2) is 6.95. The van der Waals surface area contributed by atoms with E-state index in [1.165, 1.54) is 24.2 Å². The van der Waals surface area contributed by atoms with Crippen LogP contribution in [0.3, 0.4) is 0 Å². The maximum Gasteiger partial charge on any atom is 0.251 e. The molecule has 0 fully saturated rings. The first kappa shape index (κ1) is 16.4. The molecule has 0 saturated heterocycles. The number of aryl methyl sites for hydroxylation is 1. The molecule has 2 aromatic rings. The van der Waals surface area contributed by atoms with Crippen molar-refractivity contribution in [1.29, 1.82) is 0 Å². The monoisotopic (exact) mass is 329 g/mol. The molecule has 0 unspecified atom stereocenters. The van der Waals surface area contributed by atoms with Crippen LogP contribution in [0.1, 0.15) is 40.4 Å². The second-order valence-corrected chi connectivity index (χ2v) is 5.97. The molecule has 6 heteroatoms. The van der Waals surface area contributed by atoms with E-state index >= 15 is 0 Å². The van der Waals surface area contributed by atoms with Crippen molar-refractivity contribution in [2.45, 2.75) is 32.2 Å². The van der Waals surface area contributed by atoms with Gasteiger partial charge in [-0.1, -0.05) is 0 Å². The maximum absolute atomic E-state index is 12.4. The largest absolute Gasteiger partial charge is 0.497 e. The predicted octanol–water partition coefficient (Wildman–Crippen LogP) is 2.25. The number of amides is 1. The topological polar surface area (TPSA) is 65.4 Å². The molecule has 0 aliphatic heterocycles. The Kier molecular flexibility index (Phi) is 4.74. The molecule has 1 aromatic carbocycles. The van der Waals surface area contributed by atoms with Gasteiger partial charge in [0.05, 0.1) is 26.5 Å². The van der Waals surface area contributed by atoms with Crippen LogP contribution in [0, 0.1) is 0 Å². The fourth-order valence-corrected chi connectivity index (χ4v) is 3.10. The summed E-state index contributed by atoms with van der Waals surface area (Å²) in [5.41, 5.74) is 2.98. The van der Waals surface area contributed by atoms with E-state index in [0.717, 1.165) is 18.7 Å². The smallest absolute Gasteiger partial charge is 0.251 e. The number of nitrogens with zero attached hydrogens (tertiary/aromatic N) is 2. The zero-order valence-corrected chi connectivity index (χ0v) is 14.4. The van der Waals surface area contributed by atoms with Gasteiger partial charge in [0.25, 0.3) is 5.91 Å². The number of ether oxygens (including phenoxy) is 2. The quantitative estimate of drug-likeness (QED) is 0.914. The fraction of sp³-hybridized carbons (Fsp3) is 0.444. The number of carbonyl (C=O) groups is 1. The van der Waals surface area contributed by atoms with Gasteiger partial charge in [0.2, 0.25) is 0 Å². The van der Waals surface area contributed by atoms with Crippen LogP contribution in [-0.2, 0) is 26.4 Å². The number of hydrogen-bond acceptors (Lipinski definition) is 4. The van der Waals surface area contributed by atoms with E-state index in [1.54, 1.807) is 32.4 Å². The molecule has 0 radical (unpaired) electrons. The summed E-state index contributed by atoms with van der Waals surface area (Å²) >= 11 is 0. The highest BCUT2D eigenvalue weighted by Crippen LogP contribution is 2.23. The van der Waals surface area contributed by atoms with Gasteiger partial charge in [-0.3, -0.25) is 4.79 Å². The van der Waals surface area contributed by atoms with Gasteiger partial charge in [-0.2, -0.15) is 0 Å². The predicted molar refractivity (Wildman–Crippen MR) is 90.6 cm³/mol. The lowest BCUT2D eigenvalue weighted by molar-refractivity contribution is 0.0949. The molecule has 0 bridgehead atoms. The van der Waals surface area contributed by atoms with E-state index in [0.29, 0.717) is 23.6 Å². The van der Waals surface area contributed by atoms with Crippen LogP contribution in [0.25, 0.3) is 0 Å². The summed E-state index contributed by atoms with van der Waals surface area (Å²) in [5.74, 6) is 1.90. The van der Waals surface area contributed by atoms with Crippen molar-refractivity contribution < 1.29 is 14.3 Å². The average molecular weight is 329 g/mol. The van der Waals surface area contributed by atoms with Crippen LogP contribution in [0.4, 0.5) is 0 Å². The Morgan fingerprint density at radius 1 is 1.17 bits per heavy atom. The van der Waals surface area contributed by atoms with Gasteiger partial charge >= 0.3 is 0 Å². The Bertz CT molecular complexity index is 730. The third kappa shape index (κ3) is 3.22. The number of imidazole rings is 1. The van der Waals surface area contributed by atoms with Crippen LogP contribution in [0.15, 0.2) is 18.2 Å². The van der Waals surface area contributed by atoms with Crippen LogP contribution in [0.2, 0.25) is 0 Å². The van der Waals surface area contributed by atoms with Crippen molar-refractivity contribution in [2.75, 3.05) is 14.2 Å². The first-order valence-electron chi connectivity index (χ1n) is 8.17. The summed E-state index contributed by atoms with van der Waals surface area (Å²) in [6.07, 6.45) is 4.51. The van der Waals surface area contributed by atoms with E-state index in [9.17, 15) is 4.79 Å². The normalized spacial score (nSPS) is 13.3. The van der Waals surface area contributed by atoms with Gasteiger partial charge in [0.1, 0.15) is 17.3 Å². The Balaban J connectivity index is 1.73. The summed E-state index contributed by atoms with van der Waals surface area (Å²) in [7, 11) is 5.15. The molecule has 0 atom stereocenters. The molecular formula is C18H23N3O3. The van der Waals surface area contributed by atoms with Crippen LogP contribution in [-0.4, -0.2) is 29.7 Å². The molecular weight excluding hydrogens is 306 g/mol. The third-order valence-electron chi connectivity index (χ3n) is 4.49. The van der Waals surface area contributed by atoms with E-state index in [1.807, 2.05) is 7.05 Å². The van der Waals surface area contributed by atoms with Crippen molar-refractivity contribution in [2.24, 2.45) is 7.05 Å². The summed E-state index contributed by atoms with van der Waals surface area (Å²) < 4.78 is 12.5. The van der Waals surface area contributed by atoms with Gasteiger partial charge < -0.3 is 19.4 Å². The number of aromatic nitrogens is 2. The van der Waals surface area contributed by atoms with Crippen molar-refractivity contribution in [1.82, 2.24) is 14.9 Å². The van der Waals surface area contributed by atoms with Crippen LogP contribution in [0.5, 0.6) is 11.5 Å². The van der Waals surface area contributed by atoms with Crippen molar-refractivity contribution in [3.8, 4) is 11.5 Å². The lowest BCUT2D eigenvalue weighted by Crippen LogP contribution is -2.24. The van der Waals surface area contributed by atoms with Gasteiger partial charge in [0, 0.05) is 24.4 Å². The first-order valence-corrected chi connectivity index (χ1v) is 8.17. The molecule has 0 spiro atoms. The molecule has 6 nitrogen and oxygen atoms in total. The third-order valence-corrected chi connectivity index (χ3v) is 4.49. The molecule has 1 N–H and O–H groups in total. The number of fused-ring (bicyclic) bond motifs is 1. The summed E-state index contributed by atoms with van der Waals surface area (Å²) in [5, 5.41) is 2.93. The minimum atomic E-state index is -0.173. The molecule has 1 amide bonds. The molecule has 0 saturated carbocycles. The number of benzene rings is 1. The van der Waals surface area contributed by atoms with Gasteiger partial charge in [0.15, 0.2) is 0 Å². The number of rotatable bonds is 5. The van der Waals surface area contributed by atoms with E-state index in [2.05, 4.69) is 14.9 Å². The van der Waals surface area contributed by atoms with Crippen molar-refractivity contribution >= 4 is 5.91 Å².